The second-order valence-corrected chi connectivity index (χ2v) is 2.27. The number of hydrogen-bond donors (Lipinski definition) is 2. The van der Waals surface area contributed by atoms with Gasteiger partial charge in [0.1, 0.15) is 6.61 Å². The van der Waals surface area contributed by atoms with Gasteiger partial charge in [0.05, 0.1) is 6.61 Å². The van der Waals surface area contributed by atoms with E-state index in [1.54, 1.807) is 12.1 Å². The van der Waals surface area contributed by atoms with E-state index in [-0.39, 0.29) is 19.1 Å². The van der Waals surface area contributed by atoms with Crippen LogP contribution in [0.5, 0.6) is 0 Å². The zero-order chi connectivity index (χ0) is 8.81. The maximum atomic E-state index is 8.44. The van der Waals surface area contributed by atoms with Crippen LogP contribution in [0, 0.1) is 5.41 Å². The van der Waals surface area contributed by atoms with Crippen LogP contribution in [0.3, 0.4) is 0 Å². The summed E-state index contributed by atoms with van der Waals surface area (Å²) in [5.74, 6) is 0.102. The second-order valence-electron chi connectivity index (χ2n) is 2.27. The molecule has 0 aromatic heterocycles. The quantitative estimate of drug-likeness (QED) is 0.519. The Morgan fingerprint density at radius 3 is 2.58 bits per heavy atom. The first-order chi connectivity index (χ1) is 5.84. The topological polar surface area (TPSA) is 53.3 Å². The van der Waals surface area contributed by atoms with Gasteiger partial charge >= 0.3 is 0 Å². The zero-order valence-corrected chi connectivity index (χ0v) is 6.66. The van der Waals surface area contributed by atoms with Gasteiger partial charge in [-0.3, -0.25) is 5.41 Å². The van der Waals surface area contributed by atoms with Crippen LogP contribution < -0.4 is 0 Å². The lowest BCUT2D eigenvalue weighted by Crippen LogP contribution is -2.08. The third kappa shape index (κ3) is 2.36. The molecule has 0 atom stereocenters. The van der Waals surface area contributed by atoms with Crippen LogP contribution in [-0.4, -0.2) is 24.2 Å². The number of hydrogen-bond acceptors (Lipinski definition) is 3. The molecule has 1 aromatic carbocycles. The fourth-order valence-corrected chi connectivity index (χ4v) is 0.821. The Morgan fingerprint density at radius 2 is 2.00 bits per heavy atom. The SMILES string of the molecule is N=C(OCCO)c1ccccc1. The lowest BCUT2D eigenvalue weighted by molar-refractivity contribution is 0.193. The average molecular weight is 165 g/mol. The van der Waals surface area contributed by atoms with Crippen molar-refractivity contribution in [3.8, 4) is 0 Å². The van der Waals surface area contributed by atoms with Gasteiger partial charge in [0, 0.05) is 5.56 Å². The first-order valence-electron chi connectivity index (χ1n) is 3.72. The molecule has 0 radical (unpaired) electrons. The Balaban J connectivity index is 2.54. The fourth-order valence-electron chi connectivity index (χ4n) is 0.821. The van der Waals surface area contributed by atoms with Gasteiger partial charge in [0.25, 0.3) is 0 Å². The van der Waals surface area contributed by atoms with Crippen LogP contribution in [0.15, 0.2) is 30.3 Å². The molecule has 12 heavy (non-hydrogen) atoms. The van der Waals surface area contributed by atoms with Crippen LogP contribution in [0.25, 0.3) is 0 Å². The first kappa shape index (κ1) is 8.74. The Morgan fingerprint density at radius 1 is 1.33 bits per heavy atom. The molecule has 0 unspecified atom stereocenters. The largest absolute Gasteiger partial charge is 0.475 e. The van der Waals surface area contributed by atoms with Gasteiger partial charge in [-0.25, -0.2) is 0 Å². The number of aliphatic hydroxyl groups excluding tert-OH is 1. The summed E-state index contributed by atoms with van der Waals surface area (Å²) in [7, 11) is 0. The summed E-state index contributed by atoms with van der Waals surface area (Å²) in [6.45, 7) is 0.114. The summed E-state index contributed by atoms with van der Waals surface area (Å²) in [5.41, 5.74) is 0.728. The van der Waals surface area contributed by atoms with E-state index in [2.05, 4.69) is 0 Å². The van der Waals surface area contributed by atoms with Gasteiger partial charge < -0.3 is 9.84 Å². The predicted octanol–water partition coefficient (Wildman–Crippen LogP) is 1.02. The van der Waals surface area contributed by atoms with Crippen LogP contribution in [0.2, 0.25) is 0 Å². The smallest absolute Gasteiger partial charge is 0.213 e. The molecule has 0 aliphatic carbocycles. The maximum absolute atomic E-state index is 8.44. The van der Waals surface area contributed by atoms with Crippen molar-refractivity contribution in [3.05, 3.63) is 35.9 Å². The van der Waals surface area contributed by atoms with Crippen molar-refractivity contribution in [2.45, 2.75) is 0 Å². The van der Waals surface area contributed by atoms with Crippen molar-refractivity contribution in [1.29, 1.82) is 5.41 Å². The lowest BCUT2D eigenvalue weighted by atomic mass is 10.2. The molecule has 64 valence electrons. The fraction of sp³-hybridized carbons (Fsp3) is 0.222. The van der Waals surface area contributed by atoms with Crippen LogP contribution >= 0.6 is 0 Å². The van der Waals surface area contributed by atoms with Gasteiger partial charge in [-0.05, 0) is 12.1 Å². The first-order valence-corrected chi connectivity index (χ1v) is 3.72. The summed E-state index contributed by atoms with van der Waals surface area (Å²) in [6, 6.07) is 9.14. The Labute approximate surface area is 71.1 Å². The molecule has 0 amide bonds. The summed E-state index contributed by atoms with van der Waals surface area (Å²) in [6.07, 6.45) is 0. The molecule has 0 aliphatic rings. The third-order valence-electron chi connectivity index (χ3n) is 1.37. The van der Waals surface area contributed by atoms with E-state index in [0.29, 0.717) is 0 Å². The van der Waals surface area contributed by atoms with E-state index in [4.69, 9.17) is 15.3 Å². The number of rotatable bonds is 3. The number of benzene rings is 1. The molecule has 0 spiro atoms. The molecule has 0 saturated carbocycles. The molecular weight excluding hydrogens is 154 g/mol. The molecule has 2 N–H and O–H groups in total. The minimum absolute atomic E-state index is 0.0603. The molecule has 0 saturated heterocycles. The summed E-state index contributed by atoms with van der Waals surface area (Å²) < 4.78 is 4.91. The molecule has 3 nitrogen and oxygen atoms in total. The van der Waals surface area contributed by atoms with E-state index in [1.165, 1.54) is 0 Å². The van der Waals surface area contributed by atoms with E-state index in [0.717, 1.165) is 5.56 Å². The van der Waals surface area contributed by atoms with Crippen LogP contribution in [-0.2, 0) is 4.74 Å². The van der Waals surface area contributed by atoms with E-state index in [1.807, 2.05) is 18.2 Å². The third-order valence-corrected chi connectivity index (χ3v) is 1.37. The standard InChI is InChI=1S/C9H11NO2/c10-9(12-7-6-11)8-4-2-1-3-5-8/h1-5,10-11H,6-7H2. The monoisotopic (exact) mass is 165 g/mol. The highest BCUT2D eigenvalue weighted by Gasteiger charge is 1.99. The Bertz CT molecular complexity index is 246. The van der Waals surface area contributed by atoms with Gasteiger partial charge in [-0.1, -0.05) is 18.2 Å². The molecular formula is C9H11NO2. The Kier molecular flexibility index (Phi) is 3.29. The highest BCUT2D eigenvalue weighted by atomic mass is 16.5. The lowest BCUT2D eigenvalue weighted by Gasteiger charge is -2.04. The highest BCUT2D eigenvalue weighted by molar-refractivity contribution is 5.91. The van der Waals surface area contributed by atoms with Crippen LogP contribution in [0.4, 0.5) is 0 Å². The van der Waals surface area contributed by atoms with Crippen molar-refractivity contribution in [2.75, 3.05) is 13.2 Å². The number of aliphatic hydroxyl groups is 1. The van der Waals surface area contributed by atoms with Gasteiger partial charge in [0.15, 0.2) is 0 Å². The van der Waals surface area contributed by atoms with Gasteiger partial charge in [-0.15, -0.1) is 0 Å². The Hall–Kier alpha value is -1.35. The van der Waals surface area contributed by atoms with E-state index >= 15 is 0 Å². The van der Waals surface area contributed by atoms with Crippen molar-refractivity contribution in [3.63, 3.8) is 0 Å². The molecule has 0 heterocycles. The second kappa shape index (κ2) is 4.51. The molecule has 0 fully saturated rings. The molecule has 1 rings (SSSR count). The zero-order valence-electron chi connectivity index (χ0n) is 6.66. The highest BCUT2D eigenvalue weighted by Crippen LogP contribution is 1.99. The number of nitrogens with one attached hydrogen (secondary N) is 1. The van der Waals surface area contributed by atoms with Crippen molar-refractivity contribution in [2.24, 2.45) is 0 Å². The molecule has 0 aliphatic heterocycles. The van der Waals surface area contributed by atoms with E-state index < -0.39 is 0 Å². The molecule has 3 heteroatoms. The van der Waals surface area contributed by atoms with E-state index in [9.17, 15) is 0 Å². The predicted molar refractivity (Wildman–Crippen MR) is 46.3 cm³/mol. The van der Waals surface area contributed by atoms with Crippen molar-refractivity contribution < 1.29 is 9.84 Å². The van der Waals surface area contributed by atoms with Crippen molar-refractivity contribution in [1.82, 2.24) is 0 Å². The van der Waals surface area contributed by atoms with Gasteiger partial charge in [0.2, 0.25) is 5.90 Å². The van der Waals surface area contributed by atoms with Crippen LogP contribution in [0.1, 0.15) is 5.56 Å². The maximum Gasteiger partial charge on any atom is 0.213 e. The van der Waals surface area contributed by atoms with Gasteiger partial charge in [-0.2, -0.15) is 0 Å². The normalized spacial score (nSPS) is 9.42. The summed E-state index contributed by atoms with van der Waals surface area (Å²) in [4.78, 5) is 0. The van der Waals surface area contributed by atoms with Crippen molar-refractivity contribution >= 4 is 5.90 Å². The summed E-state index contributed by atoms with van der Waals surface area (Å²) >= 11 is 0. The summed E-state index contributed by atoms with van der Waals surface area (Å²) in [5, 5.41) is 15.8. The molecule has 1 aromatic rings. The number of ether oxygens (including phenoxy) is 1. The average Bonchev–Trinajstić information content (AvgIpc) is 2.15. The minimum Gasteiger partial charge on any atom is -0.475 e. The molecule has 0 bridgehead atoms. The minimum atomic E-state index is -0.0603.